The van der Waals surface area contributed by atoms with Crippen LogP contribution >= 0.6 is 0 Å². The van der Waals surface area contributed by atoms with Crippen LogP contribution in [0.1, 0.15) is 29.2 Å². The lowest BCUT2D eigenvalue weighted by molar-refractivity contribution is -0.145. The second-order valence-electron chi connectivity index (χ2n) is 4.29. The molecule has 1 aromatic rings. The van der Waals surface area contributed by atoms with Crippen molar-refractivity contribution < 1.29 is 35.9 Å². The van der Waals surface area contributed by atoms with Crippen LogP contribution in [0.25, 0.3) is 0 Å². The summed E-state index contributed by atoms with van der Waals surface area (Å²) in [7, 11) is 0. The van der Waals surface area contributed by atoms with Crippen LogP contribution in [0.3, 0.4) is 0 Å². The topological polar surface area (TPSA) is 26.3 Å². The number of carbonyl (C=O) groups is 1. The summed E-state index contributed by atoms with van der Waals surface area (Å²) in [6.07, 6.45) is -10.5. The van der Waals surface area contributed by atoms with Gasteiger partial charge in [0.05, 0.1) is 24.2 Å². The second-order valence-corrected chi connectivity index (χ2v) is 4.29. The maximum Gasteiger partial charge on any atom is 0.416 e. The van der Waals surface area contributed by atoms with Crippen LogP contribution in [0, 0.1) is 6.92 Å². The highest BCUT2D eigenvalue weighted by Gasteiger charge is 2.39. The summed E-state index contributed by atoms with van der Waals surface area (Å²) >= 11 is 0. The summed E-state index contributed by atoms with van der Waals surface area (Å²) in [5.41, 5.74) is -4.12. The van der Waals surface area contributed by atoms with E-state index in [9.17, 15) is 31.1 Å². The third kappa shape index (κ3) is 4.37. The van der Waals surface area contributed by atoms with Crippen LogP contribution < -0.4 is 0 Å². The van der Waals surface area contributed by atoms with Crippen molar-refractivity contribution in [2.45, 2.75) is 32.6 Å². The molecule has 0 bridgehead atoms. The van der Waals surface area contributed by atoms with Crippen molar-refractivity contribution in [2.24, 2.45) is 0 Å². The Balaban J connectivity index is 3.37. The molecule has 0 atom stereocenters. The van der Waals surface area contributed by atoms with E-state index in [1.165, 1.54) is 6.92 Å². The first-order valence-electron chi connectivity index (χ1n) is 5.90. The fourth-order valence-corrected chi connectivity index (χ4v) is 1.84. The third-order valence-corrected chi connectivity index (χ3v) is 2.73. The Morgan fingerprint density at radius 1 is 1.05 bits per heavy atom. The van der Waals surface area contributed by atoms with Gasteiger partial charge in [0.25, 0.3) is 0 Å². The van der Waals surface area contributed by atoms with Gasteiger partial charge in [0.15, 0.2) is 0 Å². The van der Waals surface area contributed by atoms with Crippen LogP contribution in [0.4, 0.5) is 26.3 Å². The van der Waals surface area contributed by atoms with Gasteiger partial charge in [0, 0.05) is 0 Å². The van der Waals surface area contributed by atoms with Gasteiger partial charge in [-0.15, -0.1) is 0 Å². The molecule has 0 aliphatic heterocycles. The van der Waals surface area contributed by atoms with Gasteiger partial charge in [-0.05, 0) is 37.1 Å². The van der Waals surface area contributed by atoms with Crippen LogP contribution in [0.2, 0.25) is 0 Å². The number of hydrogen-bond acceptors (Lipinski definition) is 2. The fraction of sp³-hybridized carbons (Fsp3) is 0.462. The molecule has 0 unspecified atom stereocenters. The zero-order valence-corrected chi connectivity index (χ0v) is 11.2. The van der Waals surface area contributed by atoms with E-state index in [1.54, 1.807) is 0 Å². The standard InChI is InChI=1S/C13H12F6O2/c1-3-21-11(20)6-8-4-9(12(14,15)16)7(2)10(5-8)13(17,18)19/h4-5H,3,6H2,1-2H3. The number of benzene rings is 1. The number of alkyl halides is 6. The first-order chi connectivity index (χ1) is 9.46. The van der Waals surface area contributed by atoms with E-state index in [4.69, 9.17) is 0 Å². The molecule has 0 aliphatic carbocycles. The largest absolute Gasteiger partial charge is 0.466 e. The Morgan fingerprint density at radius 2 is 1.48 bits per heavy atom. The van der Waals surface area contributed by atoms with Crippen molar-refractivity contribution in [1.82, 2.24) is 0 Å². The minimum atomic E-state index is -4.94. The molecule has 0 N–H and O–H groups in total. The van der Waals surface area contributed by atoms with Gasteiger partial charge in [0.2, 0.25) is 0 Å². The lowest BCUT2D eigenvalue weighted by Gasteiger charge is -2.18. The molecule has 0 aromatic heterocycles. The van der Waals surface area contributed by atoms with Crippen LogP contribution in [0.5, 0.6) is 0 Å². The highest BCUT2D eigenvalue weighted by atomic mass is 19.4. The van der Waals surface area contributed by atoms with E-state index in [0.29, 0.717) is 12.1 Å². The highest BCUT2D eigenvalue weighted by molar-refractivity contribution is 5.72. The molecule has 0 heterocycles. The Hall–Kier alpha value is -1.73. The number of carbonyl (C=O) groups excluding carboxylic acids is 1. The van der Waals surface area contributed by atoms with Gasteiger partial charge in [-0.1, -0.05) is 0 Å². The molecule has 118 valence electrons. The van der Waals surface area contributed by atoms with E-state index in [1.807, 2.05) is 0 Å². The van der Waals surface area contributed by atoms with Crippen molar-refractivity contribution in [3.8, 4) is 0 Å². The Bertz CT molecular complexity index is 495. The van der Waals surface area contributed by atoms with Crippen LogP contribution in [0.15, 0.2) is 12.1 Å². The molecular weight excluding hydrogens is 302 g/mol. The molecule has 0 radical (unpaired) electrons. The molecule has 0 fully saturated rings. The van der Waals surface area contributed by atoms with Crippen molar-refractivity contribution >= 4 is 5.97 Å². The number of esters is 1. The van der Waals surface area contributed by atoms with E-state index >= 15 is 0 Å². The minimum absolute atomic E-state index is 0.0110. The van der Waals surface area contributed by atoms with Gasteiger partial charge in [-0.2, -0.15) is 26.3 Å². The summed E-state index contributed by atoms with van der Waals surface area (Å²) < 4.78 is 81.3. The summed E-state index contributed by atoms with van der Waals surface area (Å²) in [5.74, 6) is -0.886. The van der Waals surface area contributed by atoms with Gasteiger partial charge >= 0.3 is 18.3 Å². The predicted octanol–water partition coefficient (Wildman–Crippen LogP) is 4.14. The quantitative estimate of drug-likeness (QED) is 0.619. The molecule has 1 rings (SSSR count). The molecule has 1 aromatic carbocycles. The first kappa shape index (κ1) is 17.3. The molecule has 0 spiro atoms. The maximum atomic E-state index is 12.8. The van der Waals surface area contributed by atoms with Crippen LogP contribution in [-0.2, 0) is 28.3 Å². The zero-order valence-electron chi connectivity index (χ0n) is 11.2. The summed E-state index contributed by atoms with van der Waals surface area (Å²) in [4.78, 5) is 11.2. The molecule has 2 nitrogen and oxygen atoms in total. The van der Waals surface area contributed by atoms with Crippen molar-refractivity contribution in [3.63, 3.8) is 0 Å². The average Bonchev–Trinajstić information content (AvgIpc) is 2.28. The third-order valence-electron chi connectivity index (χ3n) is 2.73. The Kier molecular flexibility index (Phi) is 4.91. The molecule has 0 aliphatic rings. The minimum Gasteiger partial charge on any atom is -0.466 e. The number of hydrogen-bond donors (Lipinski definition) is 0. The first-order valence-corrected chi connectivity index (χ1v) is 5.90. The average molecular weight is 314 g/mol. The molecule has 0 saturated carbocycles. The maximum absolute atomic E-state index is 12.8. The fourth-order valence-electron chi connectivity index (χ4n) is 1.84. The smallest absolute Gasteiger partial charge is 0.416 e. The normalized spacial score (nSPS) is 12.4. The molecular formula is C13H12F6O2. The summed E-state index contributed by atoms with van der Waals surface area (Å²) in [6, 6.07) is 1.09. The summed E-state index contributed by atoms with van der Waals surface area (Å²) in [5, 5.41) is 0. The van der Waals surface area contributed by atoms with Crippen molar-refractivity contribution in [1.29, 1.82) is 0 Å². The van der Waals surface area contributed by atoms with E-state index in [0.717, 1.165) is 6.92 Å². The Labute approximate surface area is 116 Å². The van der Waals surface area contributed by atoms with E-state index in [2.05, 4.69) is 4.74 Å². The molecule has 0 amide bonds. The molecule has 8 heteroatoms. The monoisotopic (exact) mass is 314 g/mol. The number of rotatable bonds is 3. The Morgan fingerprint density at radius 3 is 1.81 bits per heavy atom. The molecule has 0 saturated heterocycles. The van der Waals surface area contributed by atoms with Crippen molar-refractivity contribution in [2.75, 3.05) is 6.61 Å². The lowest BCUT2D eigenvalue weighted by Crippen LogP contribution is -2.17. The zero-order chi connectivity index (χ0) is 16.4. The van der Waals surface area contributed by atoms with Gasteiger partial charge in [0.1, 0.15) is 0 Å². The van der Waals surface area contributed by atoms with Gasteiger partial charge in [-0.25, -0.2) is 0 Å². The SMILES string of the molecule is CCOC(=O)Cc1cc(C(F)(F)F)c(C)c(C(F)(F)F)c1. The number of ether oxygens (including phenoxy) is 1. The van der Waals surface area contributed by atoms with Gasteiger partial charge < -0.3 is 4.74 Å². The number of halogens is 6. The van der Waals surface area contributed by atoms with Gasteiger partial charge in [-0.3, -0.25) is 4.79 Å². The van der Waals surface area contributed by atoms with Crippen molar-refractivity contribution in [3.05, 3.63) is 34.4 Å². The molecule has 21 heavy (non-hydrogen) atoms. The predicted molar refractivity (Wildman–Crippen MR) is 61.5 cm³/mol. The lowest BCUT2D eigenvalue weighted by atomic mass is 9.96. The van der Waals surface area contributed by atoms with E-state index in [-0.39, 0.29) is 6.61 Å². The van der Waals surface area contributed by atoms with E-state index < -0.39 is 47.0 Å². The second kappa shape index (κ2) is 5.95. The van der Waals surface area contributed by atoms with Crippen LogP contribution in [-0.4, -0.2) is 12.6 Å². The summed E-state index contributed by atoms with van der Waals surface area (Å²) in [6.45, 7) is 2.22. The highest BCUT2D eigenvalue weighted by Crippen LogP contribution is 2.39.